The molecule has 1 saturated heterocycles. The minimum atomic E-state index is -0.737. The van der Waals surface area contributed by atoms with Crippen molar-refractivity contribution < 1.29 is 19.4 Å². The Bertz CT molecular complexity index is 1260. The van der Waals surface area contributed by atoms with Gasteiger partial charge < -0.3 is 19.6 Å². The second kappa shape index (κ2) is 9.69. The molecule has 1 aliphatic heterocycles. The van der Waals surface area contributed by atoms with Crippen molar-refractivity contribution in [2.45, 2.75) is 26.3 Å². The standard InChI is InChI=1S/C26H30N4O4/c1-5-15-34-19-10-8-9-18(16-19)23-21(25(32)26(33)30(23)14-13-28(3)4)24(31)22-17(2)27-20-11-6-7-12-29(20)22/h6-12,16,23,31H,5,13-15H2,1-4H3/b24-21+. The number of Topliss-reactive ketones (excluding diaryl/α,β-unsaturated/α-hetero) is 1. The van der Waals surface area contributed by atoms with Crippen LogP contribution in [0, 0.1) is 6.92 Å². The zero-order chi connectivity index (χ0) is 24.4. The smallest absolute Gasteiger partial charge is 0.295 e. The fourth-order valence-electron chi connectivity index (χ4n) is 4.29. The third kappa shape index (κ3) is 4.28. The lowest BCUT2D eigenvalue weighted by Gasteiger charge is -2.27. The molecule has 0 saturated carbocycles. The number of aromatic nitrogens is 2. The first kappa shape index (κ1) is 23.5. The number of aryl methyl sites for hydroxylation is 1. The van der Waals surface area contributed by atoms with Crippen molar-refractivity contribution in [3.05, 3.63) is 71.2 Å². The van der Waals surface area contributed by atoms with Crippen molar-refractivity contribution in [3.63, 3.8) is 0 Å². The van der Waals surface area contributed by atoms with Crippen LogP contribution in [-0.4, -0.2) is 69.8 Å². The van der Waals surface area contributed by atoms with Crippen molar-refractivity contribution in [1.29, 1.82) is 0 Å². The predicted octanol–water partition coefficient (Wildman–Crippen LogP) is 3.41. The zero-order valence-electron chi connectivity index (χ0n) is 20.0. The number of ketones is 1. The Hall–Kier alpha value is -3.65. The number of fused-ring (bicyclic) bond motifs is 1. The van der Waals surface area contributed by atoms with E-state index in [-0.39, 0.29) is 11.3 Å². The van der Waals surface area contributed by atoms with Crippen molar-refractivity contribution in [3.8, 4) is 5.75 Å². The van der Waals surface area contributed by atoms with Gasteiger partial charge in [-0.25, -0.2) is 4.98 Å². The van der Waals surface area contributed by atoms with E-state index in [1.165, 1.54) is 4.90 Å². The van der Waals surface area contributed by atoms with Crippen molar-refractivity contribution in [2.24, 2.45) is 0 Å². The van der Waals surface area contributed by atoms with Gasteiger partial charge in [-0.15, -0.1) is 0 Å². The Morgan fingerprint density at radius 2 is 1.97 bits per heavy atom. The molecule has 1 N–H and O–H groups in total. The molecule has 34 heavy (non-hydrogen) atoms. The van der Waals surface area contributed by atoms with Gasteiger partial charge in [-0.1, -0.05) is 25.1 Å². The van der Waals surface area contributed by atoms with Crippen molar-refractivity contribution in [2.75, 3.05) is 33.8 Å². The summed E-state index contributed by atoms with van der Waals surface area (Å²) in [7, 11) is 3.82. The molecule has 0 radical (unpaired) electrons. The summed E-state index contributed by atoms with van der Waals surface area (Å²) in [6, 6.07) is 12.1. The van der Waals surface area contributed by atoms with Gasteiger partial charge >= 0.3 is 0 Å². The molecule has 4 rings (SSSR count). The van der Waals surface area contributed by atoms with Crippen LogP contribution in [0.3, 0.4) is 0 Å². The molecule has 1 fully saturated rings. The topological polar surface area (TPSA) is 87.4 Å². The summed E-state index contributed by atoms with van der Waals surface area (Å²) in [4.78, 5) is 34.4. The van der Waals surface area contributed by atoms with Gasteiger partial charge in [0.2, 0.25) is 0 Å². The molecule has 1 atom stereocenters. The highest BCUT2D eigenvalue weighted by Crippen LogP contribution is 2.40. The van der Waals surface area contributed by atoms with Gasteiger partial charge in [-0.2, -0.15) is 0 Å². The first-order chi connectivity index (χ1) is 16.3. The zero-order valence-corrected chi connectivity index (χ0v) is 20.0. The molecule has 1 amide bonds. The molecule has 1 aliphatic rings. The normalized spacial score (nSPS) is 17.8. The van der Waals surface area contributed by atoms with E-state index in [0.717, 1.165) is 6.42 Å². The number of carbonyl (C=O) groups excluding carboxylic acids is 2. The number of hydrogen-bond acceptors (Lipinski definition) is 6. The van der Waals surface area contributed by atoms with Crippen LogP contribution in [0.15, 0.2) is 54.2 Å². The van der Waals surface area contributed by atoms with Crippen LogP contribution in [0.4, 0.5) is 0 Å². The second-order valence-electron chi connectivity index (χ2n) is 8.69. The van der Waals surface area contributed by atoms with Crippen LogP contribution in [0.5, 0.6) is 5.75 Å². The monoisotopic (exact) mass is 462 g/mol. The van der Waals surface area contributed by atoms with Gasteiger partial charge in [0.05, 0.1) is 23.9 Å². The van der Waals surface area contributed by atoms with Crippen LogP contribution < -0.4 is 4.74 Å². The number of amides is 1. The minimum Gasteiger partial charge on any atom is -0.505 e. The SMILES string of the molecule is CCCOc1cccc(C2/C(=C(\O)c3c(C)nc4ccccn34)C(=O)C(=O)N2CCN(C)C)c1. The summed E-state index contributed by atoms with van der Waals surface area (Å²) >= 11 is 0. The predicted molar refractivity (Wildman–Crippen MR) is 130 cm³/mol. The van der Waals surface area contributed by atoms with Gasteiger partial charge in [0.15, 0.2) is 5.76 Å². The number of aliphatic hydroxyl groups excluding tert-OH is 1. The number of likely N-dealkylation sites (tertiary alicyclic amines) is 1. The number of ether oxygens (including phenoxy) is 1. The summed E-state index contributed by atoms with van der Waals surface area (Å²) in [6.07, 6.45) is 2.64. The van der Waals surface area contributed by atoms with Gasteiger partial charge in [-0.3, -0.25) is 14.0 Å². The Morgan fingerprint density at radius 3 is 2.71 bits per heavy atom. The number of hydrogen-bond donors (Lipinski definition) is 1. The number of benzene rings is 1. The highest BCUT2D eigenvalue weighted by molar-refractivity contribution is 6.46. The minimum absolute atomic E-state index is 0.0603. The van der Waals surface area contributed by atoms with E-state index in [1.54, 1.807) is 17.5 Å². The second-order valence-corrected chi connectivity index (χ2v) is 8.69. The van der Waals surface area contributed by atoms with Crippen LogP contribution in [0.1, 0.15) is 36.3 Å². The molecule has 178 valence electrons. The fourth-order valence-corrected chi connectivity index (χ4v) is 4.29. The average Bonchev–Trinajstić information content (AvgIpc) is 3.29. The molecular weight excluding hydrogens is 432 g/mol. The highest BCUT2D eigenvalue weighted by atomic mass is 16.5. The third-order valence-electron chi connectivity index (χ3n) is 5.90. The van der Waals surface area contributed by atoms with E-state index >= 15 is 0 Å². The van der Waals surface area contributed by atoms with E-state index in [4.69, 9.17) is 4.74 Å². The van der Waals surface area contributed by atoms with Gasteiger partial charge in [0.1, 0.15) is 17.1 Å². The molecule has 2 aromatic heterocycles. The number of aliphatic hydroxyl groups is 1. The van der Waals surface area contributed by atoms with Crippen molar-refractivity contribution in [1.82, 2.24) is 19.2 Å². The summed E-state index contributed by atoms with van der Waals surface area (Å²) in [6.45, 7) is 5.28. The Morgan fingerprint density at radius 1 is 1.18 bits per heavy atom. The lowest BCUT2D eigenvalue weighted by molar-refractivity contribution is -0.140. The molecule has 0 bridgehead atoms. The number of rotatable bonds is 8. The summed E-state index contributed by atoms with van der Waals surface area (Å²) in [5.41, 5.74) is 2.39. The van der Waals surface area contributed by atoms with Crippen LogP contribution in [-0.2, 0) is 9.59 Å². The molecule has 8 nitrogen and oxygen atoms in total. The van der Waals surface area contributed by atoms with Gasteiger partial charge in [-0.05, 0) is 57.3 Å². The maximum Gasteiger partial charge on any atom is 0.295 e. The summed E-state index contributed by atoms with van der Waals surface area (Å²) in [5, 5.41) is 11.5. The lowest BCUT2D eigenvalue weighted by Crippen LogP contribution is -2.35. The average molecular weight is 463 g/mol. The number of carbonyl (C=O) groups is 2. The van der Waals surface area contributed by atoms with Gasteiger partial charge in [0.25, 0.3) is 11.7 Å². The number of imidazole rings is 1. The van der Waals surface area contributed by atoms with Crippen molar-refractivity contribution >= 4 is 23.1 Å². The van der Waals surface area contributed by atoms with E-state index in [9.17, 15) is 14.7 Å². The Balaban J connectivity index is 1.89. The maximum absolute atomic E-state index is 13.3. The van der Waals surface area contributed by atoms with Crippen LogP contribution in [0.25, 0.3) is 11.4 Å². The van der Waals surface area contributed by atoms with E-state index < -0.39 is 17.7 Å². The quantitative estimate of drug-likeness (QED) is 0.314. The number of pyridine rings is 1. The largest absolute Gasteiger partial charge is 0.505 e. The van der Waals surface area contributed by atoms with Crippen LogP contribution in [0.2, 0.25) is 0 Å². The first-order valence-electron chi connectivity index (χ1n) is 11.4. The number of nitrogens with zero attached hydrogens (tertiary/aromatic N) is 4. The molecule has 0 aliphatic carbocycles. The Kier molecular flexibility index (Phi) is 6.70. The van der Waals surface area contributed by atoms with E-state index in [2.05, 4.69) is 4.98 Å². The summed E-state index contributed by atoms with van der Waals surface area (Å²) < 4.78 is 7.53. The maximum atomic E-state index is 13.3. The Labute approximate surface area is 199 Å². The molecule has 1 unspecified atom stereocenters. The molecular formula is C26H30N4O4. The fraction of sp³-hybridized carbons (Fsp3) is 0.346. The molecule has 3 heterocycles. The third-order valence-corrected chi connectivity index (χ3v) is 5.90. The summed E-state index contributed by atoms with van der Waals surface area (Å²) in [5.74, 6) is -0.901. The van der Waals surface area contributed by atoms with E-state index in [1.807, 2.05) is 68.4 Å². The first-order valence-corrected chi connectivity index (χ1v) is 11.4. The molecule has 0 spiro atoms. The molecule has 3 aromatic rings. The van der Waals surface area contributed by atoms with Crippen LogP contribution >= 0.6 is 0 Å². The highest BCUT2D eigenvalue weighted by Gasteiger charge is 2.46. The molecule has 1 aromatic carbocycles. The molecule has 8 heteroatoms. The lowest BCUT2D eigenvalue weighted by atomic mass is 9.96. The van der Waals surface area contributed by atoms with E-state index in [0.29, 0.717) is 48.0 Å². The number of likely N-dealkylation sites (N-methyl/N-ethyl adjacent to an activating group) is 1. The van der Waals surface area contributed by atoms with Gasteiger partial charge in [0, 0.05) is 19.3 Å².